The number of carboxylic acids is 1. The van der Waals surface area contributed by atoms with Gasteiger partial charge >= 0.3 is 5.97 Å². The molecule has 0 fully saturated rings. The van der Waals surface area contributed by atoms with Crippen LogP contribution in [0.15, 0.2) is 24.3 Å². The molecule has 0 aromatic heterocycles. The van der Waals surface area contributed by atoms with Crippen molar-refractivity contribution in [1.29, 1.82) is 0 Å². The minimum atomic E-state index is -0.990. The molecule has 0 saturated carbocycles. The van der Waals surface area contributed by atoms with Crippen molar-refractivity contribution in [2.24, 2.45) is 5.92 Å². The zero-order valence-corrected chi connectivity index (χ0v) is 13.4. The molecule has 5 heteroatoms. The highest BCUT2D eigenvalue weighted by Gasteiger charge is 2.29. The average Bonchev–Trinajstić information content (AvgIpc) is 2.39. The van der Waals surface area contributed by atoms with E-state index in [0.29, 0.717) is 11.6 Å². The molecule has 0 spiro atoms. The molecular weight excluding hydrogens is 290 g/mol. The number of nitrogens with zero attached hydrogens (tertiary/aromatic N) is 1. The van der Waals surface area contributed by atoms with Crippen LogP contribution in [0.4, 0.5) is 0 Å². The van der Waals surface area contributed by atoms with Gasteiger partial charge in [0.2, 0.25) is 5.91 Å². The fourth-order valence-corrected chi connectivity index (χ4v) is 2.51. The summed E-state index contributed by atoms with van der Waals surface area (Å²) in [6, 6.07) is 7.16. The highest BCUT2D eigenvalue weighted by molar-refractivity contribution is 6.30. The molecule has 1 rings (SSSR count). The molecular formula is C16H22ClNO3. The Kier molecular flexibility index (Phi) is 6.69. The van der Waals surface area contributed by atoms with Gasteiger partial charge in [-0.25, -0.2) is 0 Å². The monoisotopic (exact) mass is 311 g/mol. The van der Waals surface area contributed by atoms with Crippen molar-refractivity contribution in [2.75, 3.05) is 13.1 Å². The number of hydrogen-bond donors (Lipinski definition) is 1. The molecule has 1 aromatic carbocycles. The molecule has 4 nitrogen and oxygen atoms in total. The van der Waals surface area contributed by atoms with Gasteiger partial charge in [0.15, 0.2) is 0 Å². The number of rotatable bonds is 7. The highest BCUT2D eigenvalue weighted by Crippen LogP contribution is 2.28. The SMILES string of the molecule is CCCN(CC(=O)O)C(=O)C(c1ccc(Cl)cc1)C(C)C. The molecule has 0 radical (unpaired) electrons. The van der Waals surface area contributed by atoms with Gasteiger partial charge in [0, 0.05) is 11.6 Å². The van der Waals surface area contributed by atoms with Crippen molar-refractivity contribution in [1.82, 2.24) is 4.90 Å². The number of carboxylic acid groups (broad SMARTS) is 1. The van der Waals surface area contributed by atoms with Crippen LogP contribution >= 0.6 is 11.6 Å². The van der Waals surface area contributed by atoms with Crippen molar-refractivity contribution in [3.63, 3.8) is 0 Å². The Morgan fingerprint density at radius 3 is 2.24 bits per heavy atom. The van der Waals surface area contributed by atoms with Crippen molar-refractivity contribution in [2.45, 2.75) is 33.1 Å². The smallest absolute Gasteiger partial charge is 0.323 e. The van der Waals surface area contributed by atoms with Crippen LogP contribution in [0.1, 0.15) is 38.7 Å². The third-order valence-corrected chi connectivity index (χ3v) is 3.55. The van der Waals surface area contributed by atoms with E-state index < -0.39 is 5.97 Å². The van der Waals surface area contributed by atoms with Gasteiger partial charge < -0.3 is 10.0 Å². The van der Waals surface area contributed by atoms with E-state index >= 15 is 0 Å². The van der Waals surface area contributed by atoms with Crippen LogP contribution in [-0.4, -0.2) is 35.0 Å². The Labute approximate surface area is 130 Å². The second kappa shape index (κ2) is 8.03. The molecule has 0 saturated heterocycles. The number of aliphatic carboxylic acids is 1. The Bertz CT molecular complexity index is 485. The van der Waals surface area contributed by atoms with Gasteiger partial charge in [-0.2, -0.15) is 0 Å². The third-order valence-electron chi connectivity index (χ3n) is 3.29. The van der Waals surface area contributed by atoms with Crippen molar-refractivity contribution in [3.8, 4) is 0 Å². The Morgan fingerprint density at radius 1 is 1.24 bits per heavy atom. The van der Waals surface area contributed by atoms with Gasteiger partial charge in [0.05, 0.1) is 5.92 Å². The van der Waals surface area contributed by atoms with E-state index in [-0.39, 0.29) is 24.3 Å². The molecule has 0 aliphatic rings. The maximum Gasteiger partial charge on any atom is 0.323 e. The fraction of sp³-hybridized carbons (Fsp3) is 0.500. The van der Waals surface area contributed by atoms with Crippen molar-refractivity contribution < 1.29 is 14.7 Å². The summed E-state index contributed by atoms with van der Waals surface area (Å²) in [6.07, 6.45) is 0.727. The summed E-state index contributed by atoms with van der Waals surface area (Å²) in [5.74, 6) is -1.41. The predicted molar refractivity (Wildman–Crippen MR) is 83.5 cm³/mol. The number of hydrogen-bond acceptors (Lipinski definition) is 2. The Morgan fingerprint density at radius 2 is 1.81 bits per heavy atom. The highest BCUT2D eigenvalue weighted by atomic mass is 35.5. The Balaban J connectivity index is 3.04. The van der Waals surface area contributed by atoms with E-state index in [2.05, 4.69) is 0 Å². The van der Waals surface area contributed by atoms with Crippen molar-refractivity contribution >= 4 is 23.5 Å². The van der Waals surface area contributed by atoms with Gasteiger partial charge in [-0.1, -0.05) is 44.5 Å². The molecule has 116 valence electrons. The number of carbonyl (C=O) groups is 2. The lowest BCUT2D eigenvalue weighted by Gasteiger charge is -2.28. The molecule has 1 unspecified atom stereocenters. The third kappa shape index (κ3) is 5.05. The summed E-state index contributed by atoms with van der Waals surface area (Å²) in [7, 11) is 0. The van der Waals surface area contributed by atoms with Gasteiger partial charge in [-0.05, 0) is 30.0 Å². The maximum absolute atomic E-state index is 12.7. The van der Waals surface area contributed by atoms with Crippen molar-refractivity contribution in [3.05, 3.63) is 34.9 Å². The zero-order valence-electron chi connectivity index (χ0n) is 12.7. The molecule has 0 bridgehead atoms. The maximum atomic E-state index is 12.7. The predicted octanol–water partition coefficient (Wildman–Crippen LogP) is 3.40. The van der Waals surface area contributed by atoms with Crippen LogP contribution in [0.5, 0.6) is 0 Å². The molecule has 0 aliphatic carbocycles. The summed E-state index contributed by atoms with van der Waals surface area (Å²) < 4.78 is 0. The first-order valence-electron chi connectivity index (χ1n) is 7.12. The van der Waals surface area contributed by atoms with Crippen LogP contribution in [0.25, 0.3) is 0 Å². The summed E-state index contributed by atoms with van der Waals surface area (Å²) in [5, 5.41) is 9.59. The summed E-state index contributed by atoms with van der Waals surface area (Å²) >= 11 is 5.88. The normalized spacial score (nSPS) is 12.2. The van der Waals surface area contributed by atoms with E-state index in [9.17, 15) is 9.59 Å². The van der Waals surface area contributed by atoms with E-state index in [1.807, 2.05) is 32.9 Å². The van der Waals surface area contributed by atoms with E-state index in [1.165, 1.54) is 4.90 Å². The molecule has 0 heterocycles. The van der Waals surface area contributed by atoms with E-state index in [0.717, 1.165) is 12.0 Å². The largest absolute Gasteiger partial charge is 0.480 e. The average molecular weight is 312 g/mol. The minimum Gasteiger partial charge on any atom is -0.480 e. The molecule has 1 atom stereocenters. The van der Waals surface area contributed by atoms with Crippen LogP contribution in [0.3, 0.4) is 0 Å². The van der Waals surface area contributed by atoms with Gasteiger partial charge in [0.1, 0.15) is 6.54 Å². The standard InChI is InChI=1S/C16H22ClNO3/c1-4-9-18(10-14(19)20)16(21)15(11(2)3)12-5-7-13(17)8-6-12/h5-8,11,15H,4,9-10H2,1-3H3,(H,19,20). The molecule has 1 amide bonds. The first-order chi connectivity index (χ1) is 9.86. The van der Waals surface area contributed by atoms with Crippen LogP contribution < -0.4 is 0 Å². The zero-order chi connectivity index (χ0) is 16.0. The molecule has 0 aliphatic heterocycles. The first kappa shape index (κ1) is 17.5. The second-order valence-electron chi connectivity index (χ2n) is 5.43. The summed E-state index contributed by atoms with van der Waals surface area (Å²) in [6.45, 7) is 6.03. The van der Waals surface area contributed by atoms with Crippen LogP contribution in [0.2, 0.25) is 5.02 Å². The summed E-state index contributed by atoms with van der Waals surface area (Å²) in [5.41, 5.74) is 0.867. The lowest BCUT2D eigenvalue weighted by molar-refractivity contribution is -0.145. The number of carbonyl (C=O) groups excluding carboxylic acids is 1. The lowest BCUT2D eigenvalue weighted by atomic mass is 9.87. The summed E-state index contributed by atoms with van der Waals surface area (Å²) in [4.78, 5) is 25.1. The molecule has 21 heavy (non-hydrogen) atoms. The number of amides is 1. The van der Waals surface area contributed by atoms with Crippen LogP contribution in [-0.2, 0) is 9.59 Å². The fourth-order valence-electron chi connectivity index (χ4n) is 2.38. The van der Waals surface area contributed by atoms with Gasteiger partial charge in [-0.3, -0.25) is 9.59 Å². The quantitative estimate of drug-likeness (QED) is 0.839. The van der Waals surface area contributed by atoms with Crippen LogP contribution in [0, 0.1) is 5.92 Å². The van der Waals surface area contributed by atoms with E-state index in [1.54, 1.807) is 12.1 Å². The molecule has 1 aromatic rings. The minimum absolute atomic E-state index is 0.0758. The molecule has 1 N–H and O–H groups in total. The lowest BCUT2D eigenvalue weighted by Crippen LogP contribution is -2.40. The topological polar surface area (TPSA) is 57.6 Å². The number of benzene rings is 1. The Hall–Kier alpha value is -1.55. The first-order valence-corrected chi connectivity index (χ1v) is 7.50. The van der Waals surface area contributed by atoms with Gasteiger partial charge in [-0.15, -0.1) is 0 Å². The number of halogens is 1. The second-order valence-corrected chi connectivity index (χ2v) is 5.86. The van der Waals surface area contributed by atoms with Gasteiger partial charge in [0.25, 0.3) is 0 Å². The van der Waals surface area contributed by atoms with E-state index in [4.69, 9.17) is 16.7 Å².